The fourth-order valence-electron chi connectivity index (χ4n) is 6.73. The lowest BCUT2D eigenvalue weighted by Crippen LogP contribution is -1.97. The first-order valence-corrected chi connectivity index (χ1v) is 15.9. The monoisotopic (exact) mass is 599 g/mol. The molecule has 0 N–H and O–H groups in total. The molecule has 0 unspecified atom stereocenters. The van der Waals surface area contributed by atoms with E-state index in [0.29, 0.717) is 5.82 Å². The van der Waals surface area contributed by atoms with Crippen LogP contribution in [0.2, 0.25) is 0 Å². The molecular formula is C44H29N3. The standard InChI is InChI=1S/C44H29N3/c1-2-11-30(12-3-1)31-21-23-33(24-22-31)40-29-41(46-44(45-40)39-18-10-14-32-13-4-5-15-36(32)39)34-25-27-35(28-26-34)47-42-19-8-6-16-37(42)38-17-7-9-20-43(38)47/h1-29H. The van der Waals surface area contributed by atoms with E-state index in [9.17, 15) is 0 Å². The largest absolute Gasteiger partial charge is 0.309 e. The lowest BCUT2D eigenvalue weighted by Gasteiger charge is -2.13. The molecule has 3 nitrogen and oxygen atoms in total. The SMILES string of the molecule is c1ccc(-c2ccc(-c3cc(-c4ccc(-n5c6ccccc6c6ccccc65)cc4)nc(-c4cccc5ccccc45)n3)cc2)cc1. The second kappa shape index (κ2) is 11.2. The van der Waals surface area contributed by atoms with E-state index >= 15 is 0 Å². The number of hydrogen-bond acceptors (Lipinski definition) is 2. The van der Waals surface area contributed by atoms with Crippen molar-refractivity contribution in [2.24, 2.45) is 0 Å². The Morgan fingerprint density at radius 1 is 0.362 bits per heavy atom. The van der Waals surface area contributed by atoms with Crippen LogP contribution in [0, 0.1) is 0 Å². The third-order valence-electron chi connectivity index (χ3n) is 9.05. The molecule has 3 heteroatoms. The number of fused-ring (bicyclic) bond motifs is 4. The van der Waals surface area contributed by atoms with Gasteiger partial charge in [0, 0.05) is 33.2 Å². The maximum atomic E-state index is 5.19. The van der Waals surface area contributed by atoms with Gasteiger partial charge in [-0.05, 0) is 52.2 Å². The summed E-state index contributed by atoms with van der Waals surface area (Å²) in [5.41, 5.74) is 10.8. The molecule has 0 spiro atoms. The molecule has 0 saturated heterocycles. The van der Waals surface area contributed by atoms with E-state index in [2.05, 4.69) is 174 Å². The van der Waals surface area contributed by atoms with Gasteiger partial charge in [0.05, 0.1) is 22.4 Å². The van der Waals surface area contributed by atoms with Gasteiger partial charge in [0.15, 0.2) is 5.82 Å². The molecule has 47 heavy (non-hydrogen) atoms. The van der Waals surface area contributed by atoms with Crippen molar-refractivity contribution in [3.63, 3.8) is 0 Å². The Balaban J connectivity index is 1.18. The van der Waals surface area contributed by atoms with E-state index < -0.39 is 0 Å². The molecule has 0 aliphatic carbocycles. The minimum absolute atomic E-state index is 0.716. The Bertz CT molecular complexity index is 2490. The second-order valence-corrected chi connectivity index (χ2v) is 11.8. The van der Waals surface area contributed by atoms with Crippen molar-refractivity contribution in [2.45, 2.75) is 0 Å². The normalized spacial score (nSPS) is 11.4. The maximum Gasteiger partial charge on any atom is 0.161 e. The first-order valence-electron chi connectivity index (χ1n) is 15.9. The predicted octanol–water partition coefficient (Wildman–Crippen LogP) is 11.4. The lowest BCUT2D eigenvalue weighted by molar-refractivity contribution is 1.17. The van der Waals surface area contributed by atoms with Gasteiger partial charge >= 0.3 is 0 Å². The molecule has 2 heterocycles. The highest BCUT2D eigenvalue weighted by Crippen LogP contribution is 2.35. The Kier molecular flexibility index (Phi) is 6.46. The van der Waals surface area contributed by atoms with Gasteiger partial charge in [-0.1, -0.05) is 146 Å². The zero-order valence-corrected chi connectivity index (χ0v) is 25.6. The van der Waals surface area contributed by atoms with Crippen molar-refractivity contribution in [1.82, 2.24) is 14.5 Å². The summed E-state index contributed by atoms with van der Waals surface area (Å²) in [6.07, 6.45) is 0. The van der Waals surface area contributed by atoms with Gasteiger partial charge in [-0.2, -0.15) is 0 Å². The van der Waals surface area contributed by atoms with Crippen LogP contribution in [-0.2, 0) is 0 Å². The molecule has 220 valence electrons. The van der Waals surface area contributed by atoms with Crippen LogP contribution in [0.4, 0.5) is 0 Å². The van der Waals surface area contributed by atoms with Crippen molar-refractivity contribution in [1.29, 1.82) is 0 Å². The average molecular weight is 600 g/mol. The van der Waals surface area contributed by atoms with Gasteiger partial charge in [0.25, 0.3) is 0 Å². The summed E-state index contributed by atoms with van der Waals surface area (Å²) in [7, 11) is 0. The van der Waals surface area contributed by atoms with Crippen LogP contribution in [0.15, 0.2) is 176 Å². The van der Waals surface area contributed by atoms with Gasteiger partial charge < -0.3 is 4.57 Å². The van der Waals surface area contributed by atoms with Crippen molar-refractivity contribution in [3.8, 4) is 50.7 Å². The molecule has 9 aromatic rings. The van der Waals surface area contributed by atoms with Gasteiger partial charge in [-0.15, -0.1) is 0 Å². The number of rotatable bonds is 5. The molecule has 0 radical (unpaired) electrons. The van der Waals surface area contributed by atoms with E-state index in [1.165, 1.54) is 38.3 Å². The summed E-state index contributed by atoms with van der Waals surface area (Å²) in [5, 5.41) is 4.82. The highest BCUT2D eigenvalue weighted by molar-refractivity contribution is 6.09. The Morgan fingerprint density at radius 2 is 0.851 bits per heavy atom. The summed E-state index contributed by atoms with van der Waals surface area (Å²) in [4.78, 5) is 10.4. The third kappa shape index (κ3) is 4.77. The van der Waals surface area contributed by atoms with Crippen LogP contribution < -0.4 is 0 Å². The summed E-state index contributed by atoms with van der Waals surface area (Å²) in [5.74, 6) is 0.716. The third-order valence-corrected chi connectivity index (χ3v) is 9.05. The second-order valence-electron chi connectivity index (χ2n) is 11.8. The summed E-state index contributed by atoms with van der Waals surface area (Å²) in [6, 6.07) is 62.0. The molecular weight excluding hydrogens is 571 g/mol. The van der Waals surface area contributed by atoms with Crippen LogP contribution in [0.5, 0.6) is 0 Å². The van der Waals surface area contributed by atoms with E-state index in [0.717, 1.165) is 39.2 Å². The molecule has 0 amide bonds. The maximum absolute atomic E-state index is 5.19. The zero-order chi connectivity index (χ0) is 31.2. The van der Waals surface area contributed by atoms with E-state index in [-0.39, 0.29) is 0 Å². The van der Waals surface area contributed by atoms with Crippen LogP contribution in [0.1, 0.15) is 0 Å². The van der Waals surface area contributed by atoms with Crippen LogP contribution in [0.25, 0.3) is 83.3 Å². The Hall–Kier alpha value is -6.32. The fraction of sp³-hybridized carbons (Fsp3) is 0. The molecule has 0 aliphatic rings. The fourth-order valence-corrected chi connectivity index (χ4v) is 6.73. The minimum atomic E-state index is 0.716. The summed E-state index contributed by atoms with van der Waals surface area (Å²) in [6.45, 7) is 0. The van der Waals surface area contributed by atoms with Gasteiger partial charge in [-0.25, -0.2) is 9.97 Å². The molecule has 2 aromatic heterocycles. The molecule has 0 aliphatic heterocycles. The number of aromatic nitrogens is 3. The molecule has 0 fully saturated rings. The average Bonchev–Trinajstić information content (AvgIpc) is 3.49. The zero-order valence-electron chi connectivity index (χ0n) is 25.6. The van der Waals surface area contributed by atoms with Gasteiger partial charge in [-0.3, -0.25) is 0 Å². The van der Waals surface area contributed by atoms with E-state index in [1.807, 2.05) is 6.07 Å². The van der Waals surface area contributed by atoms with E-state index in [4.69, 9.17) is 9.97 Å². The topological polar surface area (TPSA) is 30.7 Å². The summed E-state index contributed by atoms with van der Waals surface area (Å²) < 4.78 is 2.34. The Labute approximate surface area is 273 Å². The van der Waals surface area contributed by atoms with Crippen LogP contribution in [-0.4, -0.2) is 14.5 Å². The highest BCUT2D eigenvalue weighted by Gasteiger charge is 2.15. The number of hydrogen-bond donors (Lipinski definition) is 0. The van der Waals surface area contributed by atoms with Gasteiger partial charge in [0.1, 0.15) is 0 Å². The molecule has 0 atom stereocenters. The number of benzene rings is 7. The van der Waals surface area contributed by atoms with Crippen LogP contribution >= 0.6 is 0 Å². The first-order chi connectivity index (χ1) is 23.3. The van der Waals surface area contributed by atoms with Crippen molar-refractivity contribution >= 4 is 32.6 Å². The van der Waals surface area contributed by atoms with Crippen molar-refractivity contribution in [3.05, 3.63) is 176 Å². The minimum Gasteiger partial charge on any atom is -0.309 e. The molecule has 7 aromatic carbocycles. The molecule has 9 rings (SSSR count). The van der Waals surface area contributed by atoms with Crippen molar-refractivity contribution < 1.29 is 0 Å². The molecule has 0 bridgehead atoms. The van der Waals surface area contributed by atoms with Gasteiger partial charge in [0.2, 0.25) is 0 Å². The molecule has 0 saturated carbocycles. The Morgan fingerprint density at radius 3 is 1.51 bits per heavy atom. The predicted molar refractivity (Wildman–Crippen MR) is 196 cm³/mol. The number of nitrogens with zero attached hydrogens (tertiary/aromatic N) is 3. The first kappa shape index (κ1) is 27.0. The highest BCUT2D eigenvalue weighted by atomic mass is 15.0. The number of para-hydroxylation sites is 2. The quantitative estimate of drug-likeness (QED) is 0.197. The van der Waals surface area contributed by atoms with E-state index in [1.54, 1.807) is 0 Å². The smallest absolute Gasteiger partial charge is 0.161 e. The van der Waals surface area contributed by atoms with Crippen LogP contribution in [0.3, 0.4) is 0 Å². The van der Waals surface area contributed by atoms with Crippen molar-refractivity contribution in [2.75, 3.05) is 0 Å². The lowest BCUT2D eigenvalue weighted by atomic mass is 10.0. The summed E-state index contributed by atoms with van der Waals surface area (Å²) >= 11 is 0.